The van der Waals surface area contributed by atoms with Crippen molar-refractivity contribution in [2.75, 3.05) is 27.3 Å². The molecular weight excluding hydrogens is 226 g/mol. The molecule has 1 N–H and O–H groups in total. The molecule has 0 saturated carbocycles. The van der Waals surface area contributed by atoms with Crippen LogP contribution in [-0.4, -0.2) is 27.3 Å². The largest absolute Gasteiger partial charge is 0.496 e. The van der Waals surface area contributed by atoms with Gasteiger partial charge in [-0.2, -0.15) is 0 Å². The van der Waals surface area contributed by atoms with Crippen LogP contribution in [0.1, 0.15) is 35.4 Å². The van der Waals surface area contributed by atoms with E-state index in [0.29, 0.717) is 5.92 Å². The summed E-state index contributed by atoms with van der Waals surface area (Å²) in [5.74, 6) is 2.59. The molecule has 0 amide bonds. The van der Waals surface area contributed by atoms with E-state index in [1.54, 1.807) is 14.2 Å². The highest BCUT2D eigenvalue weighted by Gasteiger charge is 2.22. The molecule has 1 heterocycles. The van der Waals surface area contributed by atoms with Gasteiger partial charge in [-0.25, -0.2) is 0 Å². The van der Waals surface area contributed by atoms with Crippen molar-refractivity contribution in [3.63, 3.8) is 0 Å². The van der Waals surface area contributed by atoms with Gasteiger partial charge < -0.3 is 14.8 Å². The fourth-order valence-corrected chi connectivity index (χ4v) is 2.81. The minimum Gasteiger partial charge on any atom is -0.496 e. The van der Waals surface area contributed by atoms with Gasteiger partial charge in [-0.05, 0) is 62.9 Å². The lowest BCUT2D eigenvalue weighted by molar-refractivity contribution is 0.379. The molecule has 0 aliphatic carbocycles. The van der Waals surface area contributed by atoms with Crippen LogP contribution >= 0.6 is 0 Å². The molecule has 2 rings (SSSR count). The van der Waals surface area contributed by atoms with Crippen molar-refractivity contribution in [1.29, 1.82) is 0 Å². The Hall–Kier alpha value is -1.22. The van der Waals surface area contributed by atoms with Crippen molar-refractivity contribution in [3.05, 3.63) is 22.8 Å². The van der Waals surface area contributed by atoms with Gasteiger partial charge in [0.05, 0.1) is 14.2 Å². The number of piperidine rings is 1. The summed E-state index contributed by atoms with van der Waals surface area (Å²) >= 11 is 0. The van der Waals surface area contributed by atoms with Gasteiger partial charge in [0.1, 0.15) is 11.5 Å². The lowest BCUT2D eigenvalue weighted by atomic mass is 9.87. The minimum atomic E-state index is 0.578. The number of ether oxygens (including phenoxy) is 2. The Kier molecular flexibility index (Phi) is 4.12. The summed E-state index contributed by atoms with van der Waals surface area (Å²) in [4.78, 5) is 0. The van der Waals surface area contributed by atoms with Crippen molar-refractivity contribution in [2.24, 2.45) is 0 Å². The van der Waals surface area contributed by atoms with Crippen LogP contribution in [0.2, 0.25) is 0 Å². The zero-order valence-electron chi connectivity index (χ0n) is 11.8. The second-order valence-corrected chi connectivity index (χ2v) is 4.98. The lowest BCUT2D eigenvalue weighted by Crippen LogP contribution is -2.27. The molecule has 0 atom stereocenters. The first-order chi connectivity index (χ1) is 8.69. The Morgan fingerprint density at radius 3 is 2.28 bits per heavy atom. The predicted octanol–water partition coefficient (Wildman–Crippen LogP) is 2.79. The Balaban J connectivity index is 2.46. The molecule has 0 aromatic heterocycles. The fraction of sp³-hybridized carbons (Fsp3) is 0.600. The maximum atomic E-state index is 5.63. The van der Waals surface area contributed by atoms with Gasteiger partial charge in [0, 0.05) is 5.56 Å². The third-order valence-corrected chi connectivity index (χ3v) is 4.02. The highest BCUT2D eigenvalue weighted by atomic mass is 16.5. The summed E-state index contributed by atoms with van der Waals surface area (Å²) in [6, 6.07) is 2.16. The molecule has 3 heteroatoms. The topological polar surface area (TPSA) is 30.5 Å². The molecule has 0 unspecified atom stereocenters. The summed E-state index contributed by atoms with van der Waals surface area (Å²) < 4.78 is 11.1. The van der Waals surface area contributed by atoms with Gasteiger partial charge in [0.15, 0.2) is 0 Å². The molecule has 0 radical (unpaired) electrons. The van der Waals surface area contributed by atoms with Gasteiger partial charge in [-0.15, -0.1) is 0 Å². The van der Waals surface area contributed by atoms with Crippen LogP contribution in [0, 0.1) is 13.8 Å². The van der Waals surface area contributed by atoms with Crippen LogP contribution in [0.25, 0.3) is 0 Å². The summed E-state index contributed by atoms with van der Waals surface area (Å²) in [5, 5.41) is 3.40. The van der Waals surface area contributed by atoms with E-state index in [1.165, 1.54) is 29.5 Å². The molecular formula is C15H23NO2. The van der Waals surface area contributed by atoms with E-state index in [9.17, 15) is 0 Å². The average molecular weight is 249 g/mol. The number of methoxy groups -OCH3 is 2. The first-order valence-corrected chi connectivity index (χ1v) is 6.61. The van der Waals surface area contributed by atoms with Gasteiger partial charge >= 0.3 is 0 Å². The maximum Gasteiger partial charge on any atom is 0.125 e. The Bertz CT molecular complexity index is 423. The van der Waals surface area contributed by atoms with Crippen LogP contribution in [-0.2, 0) is 0 Å². The van der Waals surface area contributed by atoms with E-state index in [4.69, 9.17) is 9.47 Å². The third-order valence-electron chi connectivity index (χ3n) is 4.02. The van der Waals surface area contributed by atoms with Gasteiger partial charge in [-0.1, -0.05) is 0 Å². The summed E-state index contributed by atoms with van der Waals surface area (Å²) in [6.07, 6.45) is 2.34. The first kappa shape index (κ1) is 13.2. The molecule has 1 fully saturated rings. The quantitative estimate of drug-likeness (QED) is 0.893. The highest BCUT2D eigenvalue weighted by Crippen LogP contribution is 2.40. The van der Waals surface area contributed by atoms with Gasteiger partial charge in [-0.3, -0.25) is 0 Å². The van der Waals surface area contributed by atoms with Crippen molar-refractivity contribution in [3.8, 4) is 11.5 Å². The molecule has 3 nitrogen and oxygen atoms in total. The lowest BCUT2D eigenvalue weighted by Gasteiger charge is -2.26. The van der Waals surface area contributed by atoms with Crippen molar-refractivity contribution < 1.29 is 9.47 Å². The zero-order valence-corrected chi connectivity index (χ0v) is 11.8. The molecule has 0 bridgehead atoms. The molecule has 0 spiro atoms. The predicted molar refractivity (Wildman–Crippen MR) is 73.9 cm³/mol. The van der Waals surface area contributed by atoms with E-state index in [2.05, 4.69) is 25.2 Å². The van der Waals surface area contributed by atoms with Crippen LogP contribution < -0.4 is 14.8 Å². The number of hydrogen-bond acceptors (Lipinski definition) is 3. The number of nitrogens with one attached hydrogen (secondary N) is 1. The highest BCUT2D eigenvalue weighted by molar-refractivity contribution is 5.54. The SMILES string of the molecule is COc1cc(C2CCNCC2)c(OC)c(C)c1C. The second kappa shape index (κ2) is 5.61. The third kappa shape index (κ3) is 2.32. The smallest absolute Gasteiger partial charge is 0.125 e. The van der Waals surface area contributed by atoms with Crippen LogP contribution in [0.5, 0.6) is 11.5 Å². The van der Waals surface area contributed by atoms with Crippen molar-refractivity contribution >= 4 is 0 Å². The van der Waals surface area contributed by atoms with Gasteiger partial charge in [0.2, 0.25) is 0 Å². The monoisotopic (exact) mass is 249 g/mol. The number of rotatable bonds is 3. The molecule has 1 aliphatic heterocycles. The van der Waals surface area contributed by atoms with E-state index >= 15 is 0 Å². The first-order valence-electron chi connectivity index (χ1n) is 6.61. The second-order valence-electron chi connectivity index (χ2n) is 4.98. The normalized spacial score (nSPS) is 16.7. The number of hydrogen-bond donors (Lipinski definition) is 1. The Labute approximate surface area is 109 Å². The van der Waals surface area contributed by atoms with E-state index < -0.39 is 0 Å². The van der Waals surface area contributed by atoms with Crippen LogP contribution in [0.15, 0.2) is 6.07 Å². The summed E-state index contributed by atoms with van der Waals surface area (Å²) in [5.41, 5.74) is 3.68. The molecule has 100 valence electrons. The molecule has 1 aromatic carbocycles. The Morgan fingerprint density at radius 1 is 1.06 bits per heavy atom. The Morgan fingerprint density at radius 2 is 1.72 bits per heavy atom. The standard InChI is InChI=1S/C15H23NO2/c1-10-11(2)15(18-4)13(9-14(10)17-3)12-5-7-16-8-6-12/h9,12,16H,5-8H2,1-4H3. The summed E-state index contributed by atoms with van der Waals surface area (Å²) in [7, 11) is 3.50. The fourth-order valence-electron chi connectivity index (χ4n) is 2.81. The van der Waals surface area contributed by atoms with Gasteiger partial charge in [0.25, 0.3) is 0 Å². The summed E-state index contributed by atoms with van der Waals surface area (Å²) in [6.45, 7) is 6.37. The van der Waals surface area contributed by atoms with Crippen molar-refractivity contribution in [2.45, 2.75) is 32.6 Å². The van der Waals surface area contributed by atoms with E-state index in [-0.39, 0.29) is 0 Å². The maximum absolute atomic E-state index is 5.63. The van der Waals surface area contributed by atoms with E-state index in [1.807, 2.05) is 0 Å². The molecule has 18 heavy (non-hydrogen) atoms. The van der Waals surface area contributed by atoms with Crippen LogP contribution in [0.4, 0.5) is 0 Å². The molecule has 1 saturated heterocycles. The minimum absolute atomic E-state index is 0.578. The van der Waals surface area contributed by atoms with E-state index in [0.717, 1.165) is 24.6 Å². The molecule has 1 aliphatic rings. The number of benzene rings is 1. The van der Waals surface area contributed by atoms with Crippen molar-refractivity contribution in [1.82, 2.24) is 5.32 Å². The van der Waals surface area contributed by atoms with Crippen LogP contribution in [0.3, 0.4) is 0 Å². The molecule has 1 aromatic rings. The average Bonchev–Trinajstić information content (AvgIpc) is 2.42. The zero-order chi connectivity index (χ0) is 13.1.